The summed E-state index contributed by atoms with van der Waals surface area (Å²) in [6, 6.07) is 5.10. The van der Waals surface area contributed by atoms with Crippen molar-refractivity contribution in [1.82, 2.24) is 15.2 Å². The lowest BCUT2D eigenvalue weighted by Gasteiger charge is -2.29. The molecule has 0 spiro atoms. The third-order valence-electron chi connectivity index (χ3n) is 4.44. The van der Waals surface area contributed by atoms with Crippen LogP contribution < -0.4 is 5.32 Å². The van der Waals surface area contributed by atoms with Crippen LogP contribution in [0.15, 0.2) is 29.6 Å². The normalized spacial score (nSPS) is 16.6. The molecule has 4 nitrogen and oxygen atoms in total. The van der Waals surface area contributed by atoms with Crippen molar-refractivity contribution in [3.05, 3.63) is 40.9 Å². The number of likely N-dealkylation sites (tertiary alicyclic amines) is 1. The van der Waals surface area contributed by atoms with E-state index in [1.165, 1.54) is 23.5 Å². The number of benzene rings is 1. The molecule has 0 bridgehead atoms. The van der Waals surface area contributed by atoms with Crippen LogP contribution in [0.25, 0.3) is 10.6 Å². The minimum absolute atomic E-state index is 0.0659. The Kier molecular flexibility index (Phi) is 5.62. The lowest BCUT2D eigenvalue weighted by Crippen LogP contribution is -2.43. The first-order valence-corrected chi connectivity index (χ1v) is 9.29. The molecule has 1 saturated heterocycles. The number of alkyl halides is 3. The van der Waals surface area contributed by atoms with Gasteiger partial charge in [0.2, 0.25) is 5.91 Å². The van der Waals surface area contributed by atoms with E-state index in [2.05, 4.69) is 22.2 Å². The Hall–Kier alpha value is -1.93. The summed E-state index contributed by atoms with van der Waals surface area (Å²) in [5, 5.41) is 5.43. The molecule has 1 fully saturated rings. The standard InChI is InChI=1S/C18H20F3N3OS/c1-24-8-6-14(7-9-24)22-16(25)10-15-11-26-17(23-15)12-2-4-13(5-3-12)18(19,20)21/h2-5,11,14H,6-10H2,1H3,(H,22,25). The van der Waals surface area contributed by atoms with Crippen molar-refractivity contribution in [3.8, 4) is 10.6 Å². The molecule has 0 saturated carbocycles. The molecule has 0 radical (unpaired) electrons. The number of rotatable bonds is 4. The third kappa shape index (κ3) is 4.82. The van der Waals surface area contributed by atoms with Gasteiger partial charge in [-0.3, -0.25) is 4.79 Å². The van der Waals surface area contributed by atoms with Crippen LogP contribution >= 0.6 is 11.3 Å². The van der Waals surface area contributed by atoms with Crippen molar-refractivity contribution in [3.63, 3.8) is 0 Å². The third-order valence-corrected chi connectivity index (χ3v) is 5.38. The number of thiazole rings is 1. The SMILES string of the molecule is CN1CCC(NC(=O)Cc2csc(-c3ccc(C(F)(F)F)cc3)n2)CC1. The minimum Gasteiger partial charge on any atom is -0.353 e. The quantitative estimate of drug-likeness (QED) is 0.878. The molecule has 1 aliphatic heterocycles. The van der Waals surface area contributed by atoms with Gasteiger partial charge in [0, 0.05) is 17.0 Å². The Morgan fingerprint density at radius 3 is 2.54 bits per heavy atom. The molecule has 0 atom stereocenters. The van der Waals surface area contributed by atoms with Gasteiger partial charge in [0.1, 0.15) is 5.01 Å². The molecule has 140 valence electrons. The van der Waals surface area contributed by atoms with Crippen molar-refractivity contribution in [1.29, 1.82) is 0 Å². The van der Waals surface area contributed by atoms with Crippen LogP contribution in [-0.2, 0) is 17.4 Å². The second kappa shape index (κ2) is 7.75. The highest BCUT2D eigenvalue weighted by Gasteiger charge is 2.30. The summed E-state index contributed by atoms with van der Waals surface area (Å²) in [5.74, 6) is -0.0659. The van der Waals surface area contributed by atoms with Crippen LogP contribution in [-0.4, -0.2) is 42.0 Å². The van der Waals surface area contributed by atoms with Gasteiger partial charge in [-0.15, -0.1) is 11.3 Å². The van der Waals surface area contributed by atoms with Gasteiger partial charge in [0.25, 0.3) is 0 Å². The molecule has 1 amide bonds. The number of aromatic nitrogens is 1. The Labute approximate surface area is 154 Å². The fourth-order valence-electron chi connectivity index (χ4n) is 2.92. The number of hydrogen-bond donors (Lipinski definition) is 1. The average Bonchev–Trinajstić information content (AvgIpc) is 3.04. The summed E-state index contributed by atoms with van der Waals surface area (Å²) < 4.78 is 37.9. The lowest BCUT2D eigenvalue weighted by molar-refractivity contribution is -0.137. The van der Waals surface area contributed by atoms with E-state index in [9.17, 15) is 18.0 Å². The van der Waals surface area contributed by atoms with Crippen LogP contribution in [0.5, 0.6) is 0 Å². The summed E-state index contributed by atoms with van der Waals surface area (Å²) in [6.45, 7) is 1.94. The van der Waals surface area contributed by atoms with Gasteiger partial charge in [-0.1, -0.05) is 12.1 Å². The van der Waals surface area contributed by atoms with Crippen molar-refractivity contribution >= 4 is 17.2 Å². The lowest BCUT2D eigenvalue weighted by atomic mass is 10.1. The van der Waals surface area contributed by atoms with E-state index < -0.39 is 11.7 Å². The van der Waals surface area contributed by atoms with E-state index in [0.717, 1.165) is 38.1 Å². The first-order chi connectivity index (χ1) is 12.3. The maximum Gasteiger partial charge on any atom is 0.416 e. The molecule has 0 unspecified atom stereocenters. The number of carbonyl (C=O) groups is 1. The molecule has 1 aliphatic rings. The molecule has 1 N–H and O–H groups in total. The zero-order valence-electron chi connectivity index (χ0n) is 14.3. The highest BCUT2D eigenvalue weighted by atomic mass is 32.1. The molecule has 1 aromatic carbocycles. The maximum absolute atomic E-state index is 12.6. The number of carbonyl (C=O) groups excluding carboxylic acids is 1. The van der Waals surface area contributed by atoms with Crippen molar-refractivity contribution in [2.45, 2.75) is 31.5 Å². The van der Waals surface area contributed by atoms with Crippen LogP contribution in [0, 0.1) is 0 Å². The van der Waals surface area contributed by atoms with E-state index in [0.29, 0.717) is 16.3 Å². The second-order valence-electron chi connectivity index (χ2n) is 6.54. The minimum atomic E-state index is -4.35. The molecule has 2 heterocycles. The number of nitrogens with zero attached hydrogens (tertiary/aromatic N) is 2. The van der Waals surface area contributed by atoms with Gasteiger partial charge in [0.05, 0.1) is 17.7 Å². The summed E-state index contributed by atoms with van der Waals surface area (Å²) in [6.07, 6.45) is -2.28. The Morgan fingerprint density at radius 1 is 1.27 bits per heavy atom. The van der Waals surface area contributed by atoms with Gasteiger partial charge in [-0.25, -0.2) is 4.98 Å². The molecular weight excluding hydrogens is 363 g/mol. The predicted octanol–water partition coefficient (Wildman–Crippen LogP) is 3.58. The summed E-state index contributed by atoms with van der Waals surface area (Å²) in [5.41, 5.74) is 0.566. The fraction of sp³-hybridized carbons (Fsp3) is 0.444. The zero-order valence-corrected chi connectivity index (χ0v) is 15.2. The smallest absolute Gasteiger partial charge is 0.353 e. The highest BCUT2D eigenvalue weighted by molar-refractivity contribution is 7.13. The van der Waals surface area contributed by atoms with E-state index >= 15 is 0 Å². The number of nitrogens with one attached hydrogen (secondary N) is 1. The van der Waals surface area contributed by atoms with E-state index in [-0.39, 0.29) is 18.4 Å². The van der Waals surface area contributed by atoms with Crippen LogP contribution in [0.2, 0.25) is 0 Å². The van der Waals surface area contributed by atoms with Gasteiger partial charge < -0.3 is 10.2 Å². The summed E-state index contributed by atoms with van der Waals surface area (Å²) in [7, 11) is 2.07. The molecule has 1 aromatic heterocycles. The van der Waals surface area contributed by atoms with E-state index in [1.54, 1.807) is 5.38 Å². The molecule has 3 rings (SSSR count). The predicted molar refractivity (Wildman–Crippen MR) is 94.9 cm³/mol. The molecular formula is C18H20F3N3OS. The monoisotopic (exact) mass is 383 g/mol. The Morgan fingerprint density at radius 2 is 1.92 bits per heavy atom. The average molecular weight is 383 g/mol. The molecule has 8 heteroatoms. The first-order valence-electron chi connectivity index (χ1n) is 8.41. The van der Waals surface area contributed by atoms with E-state index in [4.69, 9.17) is 0 Å². The van der Waals surface area contributed by atoms with E-state index in [1.807, 2.05) is 0 Å². The maximum atomic E-state index is 12.6. The molecule has 0 aliphatic carbocycles. The molecule has 2 aromatic rings. The fourth-order valence-corrected chi connectivity index (χ4v) is 3.74. The highest BCUT2D eigenvalue weighted by Crippen LogP contribution is 2.31. The van der Waals surface area contributed by atoms with Crippen molar-refractivity contribution in [2.75, 3.05) is 20.1 Å². The summed E-state index contributed by atoms with van der Waals surface area (Å²) in [4.78, 5) is 18.8. The van der Waals surface area contributed by atoms with Crippen molar-refractivity contribution < 1.29 is 18.0 Å². The van der Waals surface area contributed by atoms with Crippen LogP contribution in [0.3, 0.4) is 0 Å². The largest absolute Gasteiger partial charge is 0.416 e. The number of hydrogen-bond acceptors (Lipinski definition) is 4. The van der Waals surface area contributed by atoms with Gasteiger partial charge in [-0.2, -0.15) is 13.2 Å². The summed E-state index contributed by atoms with van der Waals surface area (Å²) >= 11 is 1.33. The number of halogens is 3. The molecule has 26 heavy (non-hydrogen) atoms. The van der Waals surface area contributed by atoms with Crippen molar-refractivity contribution in [2.24, 2.45) is 0 Å². The van der Waals surface area contributed by atoms with Gasteiger partial charge >= 0.3 is 6.18 Å². The van der Waals surface area contributed by atoms with Crippen LogP contribution in [0.4, 0.5) is 13.2 Å². The second-order valence-corrected chi connectivity index (χ2v) is 7.40. The zero-order chi connectivity index (χ0) is 18.7. The van der Waals surface area contributed by atoms with Gasteiger partial charge in [0.15, 0.2) is 0 Å². The number of piperidine rings is 1. The van der Waals surface area contributed by atoms with Crippen LogP contribution in [0.1, 0.15) is 24.1 Å². The topological polar surface area (TPSA) is 45.2 Å². The number of amides is 1. The van der Waals surface area contributed by atoms with Gasteiger partial charge in [-0.05, 0) is 45.1 Å². The first kappa shape index (κ1) is 18.8. The Balaban J connectivity index is 1.58. The Bertz CT molecular complexity index is 750.